The molecule has 4 heteroatoms. The summed E-state index contributed by atoms with van der Waals surface area (Å²) >= 11 is 0. The number of benzene rings is 1. The van der Waals surface area contributed by atoms with Crippen molar-refractivity contribution in [3.8, 4) is 0 Å². The summed E-state index contributed by atoms with van der Waals surface area (Å²) in [5.41, 5.74) is 1.09. The molecule has 0 aromatic heterocycles. The van der Waals surface area contributed by atoms with Crippen molar-refractivity contribution >= 4 is 12.0 Å². The van der Waals surface area contributed by atoms with Gasteiger partial charge < -0.3 is 4.74 Å². The van der Waals surface area contributed by atoms with Gasteiger partial charge in [0.1, 0.15) is 6.61 Å². The number of rotatable bonds is 5. The minimum Gasteiger partial charge on any atom is -0.447 e. The third-order valence-electron chi connectivity index (χ3n) is 3.45. The van der Waals surface area contributed by atoms with Crippen LogP contribution in [0.25, 0.3) is 0 Å². The van der Waals surface area contributed by atoms with E-state index in [0.717, 1.165) is 5.56 Å². The molecule has 1 aliphatic rings. The number of carbonyl (C=O) groups excluding carboxylic acids is 2. The van der Waals surface area contributed by atoms with Gasteiger partial charge in [0, 0.05) is 5.92 Å². The summed E-state index contributed by atoms with van der Waals surface area (Å²) in [4.78, 5) is 25.4. The lowest BCUT2D eigenvalue weighted by molar-refractivity contribution is -0.132. The summed E-state index contributed by atoms with van der Waals surface area (Å²) in [7, 11) is 0. The van der Waals surface area contributed by atoms with Crippen molar-refractivity contribution in [1.29, 1.82) is 0 Å². The third kappa shape index (κ3) is 3.07. The van der Waals surface area contributed by atoms with E-state index in [9.17, 15) is 9.59 Å². The number of hydrogen-bond donors (Lipinski definition) is 0. The molecule has 0 spiro atoms. The molecule has 20 heavy (non-hydrogen) atoms. The molecule has 2 atom stereocenters. The summed E-state index contributed by atoms with van der Waals surface area (Å²) < 4.78 is 5.04. The molecule has 0 unspecified atom stereocenters. The van der Waals surface area contributed by atoms with E-state index in [0.29, 0.717) is 12.8 Å². The largest absolute Gasteiger partial charge is 0.447 e. The summed E-state index contributed by atoms with van der Waals surface area (Å²) in [6, 6.07) is 9.58. The Labute approximate surface area is 119 Å². The minimum absolute atomic E-state index is 0.187. The molecule has 106 valence electrons. The Hall–Kier alpha value is -2.10. The first-order chi connectivity index (χ1) is 9.63. The number of amides is 2. The van der Waals surface area contributed by atoms with Gasteiger partial charge in [0.15, 0.2) is 0 Å². The lowest BCUT2D eigenvalue weighted by Crippen LogP contribution is -2.42. The van der Waals surface area contributed by atoms with Gasteiger partial charge in [-0.05, 0) is 18.4 Å². The maximum Gasteiger partial charge on any atom is 0.416 e. The average Bonchev–Trinajstić information content (AvgIpc) is 2.80. The molecule has 2 rings (SSSR count). The quantitative estimate of drug-likeness (QED) is 0.775. The Kier molecular flexibility index (Phi) is 4.56. The number of nitrogens with zero attached hydrogens (tertiary/aromatic N) is 1. The van der Waals surface area contributed by atoms with Crippen LogP contribution in [0, 0.1) is 5.92 Å². The SMILES string of the molecule is C=CC[C@@H](C)C(=O)N1C(=O)OC[C@H]1Cc1ccccc1. The summed E-state index contributed by atoms with van der Waals surface area (Å²) in [6.07, 6.45) is 2.34. The van der Waals surface area contributed by atoms with E-state index in [1.807, 2.05) is 30.3 Å². The van der Waals surface area contributed by atoms with Crippen LogP contribution in [0.2, 0.25) is 0 Å². The zero-order chi connectivity index (χ0) is 14.5. The number of hydrogen-bond acceptors (Lipinski definition) is 3. The second kappa shape index (κ2) is 6.37. The van der Waals surface area contributed by atoms with E-state index < -0.39 is 6.09 Å². The van der Waals surface area contributed by atoms with Crippen molar-refractivity contribution in [2.45, 2.75) is 25.8 Å². The molecule has 0 radical (unpaired) electrons. The highest BCUT2D eigenvalue weighted by molar-refractivity contribution is 5.94. The highest BCUT2D eigenvalue weighted by atomic mass is 16.6. The second-order valence-electron chi connectivity index (χ2n) is 5.05. The first kappa shape index (κ1) is 14.3. The molecule has 1 saturated heterocycles. The minimum atomic E-state index is -0.535. The fourth-order valence-electron chi connectivity index (χ4n) is 2.36. The fourth-order valence-corrected chi connectivity index (χ4v) is 2.36. The van der Waals surface area contributed by atoms with E-state index in [1.54, 1.807) is 13.0 Å². The van der Waals surface area contributed by atoms with Crippen LogP contribution in [0.5, 0.6) is 0 Å². The Morgan fingerprint density at radius 2 is 2.20 bits per heavy atom. The molecule has 1 aromatic carbocycles. The van der Waals surface area contributed by atoms with Gasteiger partial charge in [-0.3, -0.25) is 4.79 Å². The fraction of sp³-hybridized carbons (Fsp3) is 0.375. The Morgan fingerprint density at radius 1 is 1.50 bits per heavy atom. The van der Waals surface area contributed by atoms with Crippen molar-refractivity contribution in [3.63, 3.8) is 0 Å². The molecular weight excluding hydrogens is 254 g/mol. The zero-order valence-corrected chi connectivity index (χ0v) is 11.6. The zero-order valence-electron chi connectivity index (χ0n) is 11.6. The van der Waals surface area contributed by atoms with Gasteiger partial charge in [-0.25, -0.2) is 9.69 Å². The number of cyclic esters (lactones) is 1. The predicted octanol–water partition coefficient (Wildman–Crippen LogP) is 2.79. The van der Waals surface area contributed by atoms with E-state index in [4.69, 9.17) is 4.74 Å². The predicted molar refractivity (Wildman–Crippen MR) is 76.1 cm³/mol. The molecule has 2 amide bonds. The summed E-state index contributed by atoms with van der Waals surface area (Å²) in [5, 5.41) is 0. The van der Waals surface area contributed by atoms with Crippen LogP contribution in [-0.4, -0.2) is 29.5 Å². The summed E-state index contributed by atoms with van der Waals surface area (Å²) in [6.45, 7) is 5.69. The first-order valence-corrected chi connectivity index (χ1v) is 6.78. The summed E-state index contributed by atoms with van der Waals surface area (Å²) in [5.74, 6) is -0.440. The van der Waals surface area contributed by atoms with Crippen molar-refractivity contribution < 1.29 is 14.3 Å². The number of ether oxygens (including phenoxy) is 1. The van der Waals surface area contributed by atoms with Crippen LogP contribution in [0.4, 0.5) is 4.79 Å². The number of carbonyl (C=O) groups is 2. The van der Waals surface area contributed by atoms with Crippen LogP contribution >= 0.6 is 0 Å². The molecule has 1 aliphatic heterocycles. The molecule has 1 aromatic rings. The molecule has 0 aliphatic carbocycles. The van der Waals surface area contributed by atoms with Gasteiger partial charge in [-0.1, -0.05) is 43.3 Å². The molecule has 0 N–H and O–H groups in total. The number of imide groups is 1. The maximum absolute atomic E-state index is 12.3. The normalized spacial score (nSPS) is 19.6. The highest BCUT2D eigenvalue weighted by Gasteiger charge is 2.39. The first-order valence-electron chi connectivity index (χ1n) is 6.78. The molecule has 0 saturated carbocycles. The molecule has 1 fully saturated rings. The second-order valence-corrected chi connectivity index (χ2v) is 5.05. The highest BCUT2D eigenvalue weighted by Crippen LogP contribution is 2.21. The van der Waals surface area contributed by atoms with E-state index in [1.165, 1.54) is 4.90 Å². The van der Waals surface area contributed by atoms with Crippen LogP contribution in [-0.2, 0) is 16.0 Å². The van der Waals surface area contributed by atoms with E-state index >= 15 is 0 Å². The maximum atomic E-state index is 12.3. The third-order valence-corrected chi connectivity index (χ3v) is 3.45. The Bertz CT molecular complexity index is 498. The standard InChI is InChI=1S/C16H19NO3/c1-3-7-12(2)15(18)17-14(11-20-16(17)19)10-13-8-5-4-6-9-13/h3-6,8-9,12,14H,1,7,10-11H2,2H3/t12-,14-/m1/s1. The van der Waals surface area contributed by atoms with Crippen LogP contribution in [0.3, 0.4) is 0 Å². The molecule has 0 bridgehead atoms. The lowest BCUT2D eigenvalue weighted by atomic mass is 10.0. The van der Waals surface area contributed by atoms with Gasteiger partial charge in [-0.15, -0.1) is 6.58 Å². The van der Waals surface area contributed by atoms with E-state index in [-0.39, 0.29) is 24.5 Å². The van der Waals surface area contributed by atoms with Crippen LogP contribution < -0.4 is 0 Å². The number of allylic oxidation sites excluding steroid dienone is 1. The monoisotopic (exact) mass is 273 g/mol. The average molecular weight is 273 g/mol. The van der Waals surface area contributed by atoms with Crippen molar-refractivity contribution in [2.75, 3.05) is 6.61 Å². The topological polar surface area (TPSA) is 46.6 Å². The van der Waals surface area contributed by atoms with Gasteiger partial charge in [0.2, 0.25) is 5.91 Å². The smallest absolute Gasteiger partial charge is 0.416 e. The van der Waals surface area contributed by atoms with Gasteiger partial charge in [0.25, 0.3) is 0 Å². The molecule has 1 heterocycles. The molecular formula is C16H19NO3. The Balaban J connectivity index is 2.10. The van der Waals surface area contributed by atoms with Crippen LogP contribution in [0.1, 0.15) is 18.9 Å². The van der Waals surface area contributed by atoms with Crippen molar-refractivity contribution in [1.82, 2.24) is 4.90 Å². The van der Waals surface area contributed by atoms with Crippen LogP contribution in [0.15, 0.2) is 43.0 Å². The van der Waals surface area contributed by atoms with Gasteiger partial charge in [0.05, 0.1) is 6.04 Å². The van der Waals surface area contributed by atoms with Gasteiger partial charge >= 0.3 is 6.09 Å². The van der Waals surface area contributed by atoms with Crippen molar-refractivity contribution in [3.05, 3.63) is 48.6 Å². The Morgan fingerprint density at radius 3 is 2.85 bits per heavy atom. The molecule has 4 nitrogen and oxygen atoms in total. The van der Waals surface area contributed by atoms with Crippen molar-refractivity contribution in [2.24, 2.45) is 5.92 Å². The van der Waals surface area contributed by atoms with E-state index in [2.05, 4.69) is 6.58 Å². The van der Waals surface area contributed by atoms with Gasteiger partial charge in [-0.2, -0.15) is 0 Å². The lowest BCUT2D eigenvalue weighted by Gasteiger charge is -2.22.